The highest BCUT2D eigenvalue weighted by atomic mass is 14.6. The van der Waals surface area contributed by atoms with Crippen LogP contribution in [0.2, 0.25) is 0 Å². The van der Waals surface area contributed by atoms with E-state index in [-0.39, 0.29) is 0 Å². The molecule has 0 aromatic carbocycles. The van der Waals surface area contributed by atoms with Crippen LogP contribution in [0.5, 0.6) is 0 Å². The summed E-state index contributed by atoms with van der Waals surface area (Å²) in [6.45, 7) is 0. The van der Waals surface area contributed by atoms with E-state index < -0.39 is 0 Å². The predicted octanol–water partition coefficient (Wildman–Crippen LogP) is 13.9. The third kappa shape index (κ3) is 5.96. The van der Waals surface area contributed by atoms with Crippen molar-refractivity contribution in [1.82, 2.24) is 0 Å². The minimum Gasteiger partial charge on any atom is -0.0533 e. The summed E-state index contributed by atoms with van der Waals surface area (Å²) >= 11 is 0. The van der Waals surface area contributed by atoms with Gasteiger partial charge < -0.3 is 0 Å². The summed E-state index contributed by atoms with van der Waals surface area (Å²) in [6, 6.07) is 0. The van der Waals surface area contributed by atoms with E-state index in [0.29, 0.717) is 0 Å². The van der Waals surface area contributed by atoms with Crippen LogP contribution in [0.1, 0.15) is 193 Å². The Morgan fingerprint density at radius 1 is 0.167 bits per heavy atom. The Morgan fingerprint density at radius 3 is 1.12 bits per heavy atom. The van der Waals surface area contributed by atoms with E-state index in [4.69, 9.17) is 0 Å². The molecule has 10 aliphatic carbocycles. The van der Waals surface area contributed by atoms with Gasteiger partial charge >= 0.3 is 0 Å². The van der Waals surface area contributed by atoms with Crippen molar-refractivity contribution >= 4 is 0 Å². The quantitative estimate of drug-likeness (QED) is 0.283. The van der Waals surface area contributed by atoms with Gasteiger partial charge in [-0.2, -0.15) is 0 Å². The molecule has 0 bridgehead atoms. The SMILES string of the molecule is C1CCC(C2CCC3CC(C4CCC5CCC6C(C7CCC(C8CCCC9CCCCC98)CC7)CCC7CCC4C5C76)CCC3C2)CC1. The summed E-state index contributed by atoms with van der Waals surface area (Å²) in [5.41, 5.74) is 0. The molecule has 0 heteroatoms. The Labute approximate surface area is 298 Å². The highest BCUT2D eigenvalue weighted by Crippen LogP contribution is 2.66. The Kier molecular flexibility index (Phi) is 9.58. The highest BCUT2D eigenvalue weighted by Gasteiger charge is 2.57. The zero-order valence-electron chi connectivity index (χ0n) is 31.6. The first-order valence-electron chi connectivity index (χ1n) is 23.8. The molecule has 0 heterocycles. The number of fused-ring (bicyclic) bond motifs is 2. The molecular formula is C48H78. The number of hydrogen-bond donors (Lipinski definition) is 0. The fourth-order valence-electron chi connectivity index (χ4n) is 18.5. The third-order valence-electron chi connectivity index (χ3n) is 20.4. The molecule has 0 radical (unpaired) electrons. The smallest absolute Gasteiger partial charge is 0.0321 e. The summed E-state index contributed by atoms with van der Waals surface area (Å²) in [5.74, 6) is 20.5. The van der Waals surface area contributed by atoms with Crippen LogP contribution in [0.25, 0.3) is 0 Å². The molecule has 15 atom stereocenters. The van der Waals surface area contributed by atoms with E-state index in [1.54, 1.807) is 186 Å². The summed E-state index contributed by atoms with van der Waals surface area (Å²) in [6.07, 6.45) is 48.5. The van der Waals surface area contributed by atoms with Gasteiger partial charge in [0.15, 0.2) is 0 Å². The summed E-state index contributed by atoms with van der Waals surface area (Å²) in [5, 5.41) is 0. The molecule has 270 valence electrons. The first-order valence-corrected chi connectivity index (χ1v) is 23.8. The van der Waals surface area contributed by atoms with E-state index in [1.165, 1.54) is 18.3 Å². The van der Waals surface area contributed by atoms with Gasteiger partial charge in [0.1, 0.15) is 0 Å². The molecule has 0 nitrogen and oxygen atoms in total. The zero-order chi connectivity index (χ0) is 31.6. The van der Waals surface area contributed by atoms with Gasteiger partial charge in [-0.25, -0.2) is 0 Å². The number of rotatable bonds is 4. The van der Waals surface area contributed by atoms with Crippen molar-refractivity contribution in [2.75, 3.05) is 0 Å². The Morgan fingerprint density at radius 2 is 0.500 bits per heavy atom. The average Bonchev–Trinajstić information content (AvgIpc) is 3.16. The minimum absolute atomic E-state index is 1.12. The lowest BCUT2D eigenvalue weighted by Crippen LogP contribution is -2.55. The lowest BCUT2D eigenvalue weighted by atomic mass is 9.42. The Bertz CT molecular complexity index is 1060. The standard InChI is InChI=1S/C48H78/c1-2-7-31(8-3-1)37-17-18-39-30-40(20-19-38(39)29-37)44-26-22-36-23-27-45-43(25-21-35-24-28-46(44)48(36)47(35)45)34-15-13-33(14-16-34)42-12-6-10-32-9-4-5-11-41(32)42/h31-48H,1-30H2. The van der Waals surface area contributed by atoms with Crippen LogP contribution in [-0.4, -0.2) is 0 Å². The van der Waals surface area contributed by atoms with Crippen LogP contribution < -0.4 is 0 Å². The van der Waals surface area contributed by atoms with Crippen LogP contribution in [-0.2, 0) is 0 Å². The molecular weight excluding hydrogens is 577 g/mol. The molecule has 0 saturated heterocycles. The van der Waals surface area contributed by atoms with Gasteiger partial charge in [-0.15, -0.1) is 0 Å². The molecule has 10 saturated carbocycles. The van der Waals surface area contributed by atoms with Crippen LogP contribution in [0, 0.1) is 107 Å². The van der Waals surface area contributed by atoms with Crippen molar-refractivity contribution in [3.8, 4) is 0 Å². The lowest BCUT2D eigenvalue weighted by Gasteiger charge is -2.63. The van der Waals surface area contributed by atoms with Crippen molar-refractivity contribution in [3.05, 3.63) is 0 Å². The van der Waals surface area contributed by atoms with Crippen molar-refractivity contribution in [3.63, 3.8) is 0 Å². The van der Waals surface area contributed by atoms with Gasteiger partial charge in [-0.1, -0.05) is 64.2 Å². The second-order valence-electron chi connectivity index (χ2n) is 21.7. The summed E-state index contributed by atoms with van der Waals surface area (Å²) in [7, 11) is 0. The molecule has 0 aliphatic heterocycles. The second kappa shape index (κ2) is 14.1. The first kappa shape index (κ1) is 32.6. The van der Waals surface area contributed by atoms with Crippen LogP contribution in [0.15, 0.2) is 0 Å². The molecule has 48 heavy (non-hydrogen) atoms. The van der Waals surface area contributed by atoms with Gasteiger partial charge in [-0.05, 0) is 235 Å². The monoisotopic (exact) mass is 655 g/mol. The Hall–Kier alpha value is 0. The van der Waals surface area contributed by atoms with E-state index in [1.807, 2.05) is 0 Å². The Balaban J connectivity index is 0.786. The fraction of sp³-hybridized carbons (Fsp3) is 1.00. The van der Waals surface area contributed by atoms with Crippen molar-refractivity contribution < 1.29 is 0 Å². The van der Waals surface area contributed by atoms with E-state index in [9.17, 15) is 0 Å². The van der Waals surface area contributed by atoms with Crippen molar-refractivity contribution in [2.45, 2.75) is 193 Å². The van der Waals surface area contributed by atoms with Crippen LogP contribution in [0.4, 0.5) is 0 Å². The normalized spacial score (nSPS) is 54.4. The fourth-order valence-corrected chi connectivity index (χ4v) is 18.5. The predicted molar refractivity (Wildman–Crippen MR) is 201 cm³/mol. The number of hydrogen-bond acceptors (Lipinski definition) is 0. The largest absolute Gasteiger partial charge is 0.0533 e. The topological polar surface area (TPSA) is 0 Å². The molecule has 10 aliphatic rings. The van der Waals surface area contributed by atoms with Gasteiger partial charge in [0.2, 0.25) is 0 Å². The highest BCUT2D eigenvalue weighted by molar-refractivity contribution is 5.07. The molecule has 0 aromatic heterocycles. The zero-order valence-corrected chi connectivity index (χ0v) is 31.6. The van der Waals surface area contributed by atoms with E-state index >= 15 is 0 Å². The molecule has 0 aromatic rings. The molecule has 10 rings (SSSR count). The molecule has 0 spiro atoms. The van der Waals surface area contributed by atoms with Gasteiger partial charge in [-0.3, -0.25) is 0 Å². The third-order valence-corrected chi connectivity index (χ3v) is 20.4. The molecule has 15 unspecified atom stereocenters. The van der Waals surface area contributed by atoms with Crippen LogP contribution >= 0.6 is 0 Å². The summed E-state index contributed by atoms with van der Waals surface area (Å²) < 4.78 is 0. The van der Waals surface area contributed by atoms with Crippen molar-refractivity contribution in [2.24, 2.45) is 107 Å². The minimum atomic E-state index is 1.12. The molecule has 0 amide bonds. The second-order valence-corrected chi connectivity index (χ2v) is 21.7. The maximum absolute atomic E-state index is 1.67. The molecule has 0 N–H and O–H groups in total. The van der Waals surface area contributed by atoms with Crippen molar-refractivity contribution in [1.29, 1.82) is 0 Å². The van der Waals surface area contributed by atoms with Gasteiger partial charge in [0.25, 0.3) is 0 Å². The average molecular weight is 655 g/mol. The lowest BCUT2D eigenvalue weighted by molar-refractivity contribution is -0.136. The van der Waals surface area contributed by atoms with E-state index in [2.05, 4.69) is 0 Å². The maximum atomic E-state index is 1.67. The van der Waals surface area contributed by atoms with Crippen LogP contribution in [0.3, 0.4) is 0 Å². The van der Waals surface area contributed by atoms with Gasteiger partial charge in [0.05, 0.1) is 0 Å². The van der Waals surface area contributed by atoms with Gasteiger partial charge in [0, 0.05) is 0 Å². The summed E-state index contributed by atoms with van der Waals surface area (Å²) in [4.78, 5) is 0. The molecule has 10 fully saturated rings. The first-order chi connectivity index (χ1) is 23.8. The maximum Gasteiger partial charge on any atom is -0.0321 e. The van der Waals surface area contributed by atoms with E-state index in [0.717, 1.165) is 94.7 Å².